The number of hydrogen-bond acceptors (Lipinski definition) is 2. The Morgan fingerprint density at radius 1 is 0.696 bits per heavy atom. The summed E-state index contributed by atoms with van der Waals surface area (Å²) in [7, 11) is 0. The smallest absolute Gasteiger partial charge is 0.303 e. The maximum atomic E-state index is 10.4. The van der Waals surface area contributed by atoms with Gasteiger partial charge in [0.15, 0.2) is 0 Å². The van der Waals surface area contributed by atoms with Crippen molar-refractivity contribution in [2.75, 3.05) is 0 Å². The Bertz CT molecular complexity index is 253. The summed E-state index contributed by atoms with van der Waals surface area (Å²) < 4.78 is 0. The lowest BCUT2D eigenvalue weighted by atomic mass is 10.0. The lowest BCUT2D eigenvalue weighted by Gasteiger charge is -2.08. The van der Waals surface area contributed by atoms with Crippen molar-refractivity contribution in [3.63, 3.8) is 0 Å². The fourth-order valence-corrected chi connectivity index (χ4v) is 3.08. The summed E-state index contributed by atoms with van der Waals surface area (Å²) in [5.41, 5.74) is 0. The molecular formula is C20H40O3. The lowest BCUT2D eigenvalue weighted by Crippen LogP contribution is -2.04. The highest BCUT2D eigenvalue weighted by molar-refractivity contribution is 5.66. The van der Waals surface area contributed by atoms with E-state index in [9.17, 15) is 9.90 Å². The largest absolute Gasteiger partial charge is 0.481 e. The Balaban J connectivity index is 3.04. The molecule has 1 unspecified atom stereocenters. The first kappa shape index (κ1) is 22.4. The van der Waals surface area contributed by atoms with Crippen molar-refractivity contribution < 1.29 is 15.0 Å². The zero-order valence-corrected chi connectivity index (χ0v) is 15.4. The summed E-state index contributed by atoms with van der Waals surface area (Å²) in [6.45, 7) is 2.13. The quantitative estimate of drug-likeness (QED) is 0.300. The normalized spacial score (nSPS) is 12.4. The van der Waals surface area contributed by atoms with Gasteiger partial charge in [-0.3, -0.25) is 4.79 Å². The van der Waals surface area contributed by atoms with Crippen LogP contribution in [0.5, 0.6) is 0 Å². The average molecular weight is 329 g/mol. The molecule has 0 aromatic rings. The lowest BCUT2D eigenvalue weighted by molar-refractivity contribution is -0.137. The Kier molecular flexibility index (Phi) is 17.3. The van der Waals surface area contributed by atoms with Crippen LogP contribution in [0.1, 0.15) is 116 Å². The first-order valence-corrected chi connectivity index (χ1v) is 10.1. The topological polar surface area (TPSA) is 57.5 Å². The first-order valence-electron chi connectivity index (χ1n) is 10.1. The van der Waals surface area contributed by atoms with Gasteiger partial charge in [0.25, 0.3) is 0 Å². The maximum Gasteiger partial charge on any atom is 0.303 e. The molecule has 0 aromatic heterocycles. The summed E-state index contributed by atoms with van der Waals surface area (Å²) in [6.07, 6.45) is 19.5. The SMILES string of the molecule is CCCC(O)CCCCCCCCCCCCCCCC(=O)O. The maximum absolute atomic E-state index is 10.4. The molecule has 0 aromatic carbocycles. The third kappa shape index (κ3) is 19.4. The number of unbranched alkanes of at least 4 members (excludes halogenated alkanes) is 12. The summed E-state index contributed by atoms with van der Waals surface area (Å²) in [5, 5.41) is 18.2. The summed E-state index contributed by atoms with van der Waals surface area (Å²) in [5.74, 6) is -0.665. The molecule has 0 saturated heterocycles. The fraction of sp³-hybridized carbons (Fsp3) is 0.950. The molecule has 3 nitrogen and oxygen atoms in total. The highest BCUT2D eigenvalue weighted by atomic mass is 16.4. The molecule has 1 atom stereocenters. The third-order valence-electron chi connectivity index (χ3n) is 4.55. The molecule has 2 N–H and O–H groups in total. The van der Waals surface area contributed by atoms with Gasteiger partial charge in [-0.1, -0.05) is 90.4 Å². The van der Waals surface area contributed by atoms with Crippen molar-refractivity contribution in [3.05, 3.63) is 0 Å². The van der Waals surface area contributed by atoms with Crippen molar-refractivity contribution in [3.8, 4) is 0 Å². The van der Waals surface area contributed by atoms with Gasteiger partial charge >= 0.3 is 5.97 Å². The van der Waals surface area contributed by atoms with Gasteiger partial charge in [0, 0.05) is 6.42 Å². The molecule has 0 spiro atoms. The van der Waals surface area contributed by atoms with Crippen LogP contribution in [0.25, 0.3) is 0 Å². The molecule has 138 valence electrons. The highest BCUT2D eigenvalue weighted by Gasteiger charge is 2.01. The van der Waals surface area contributed by atoms with Gasteiger partial charge in [-0.25, -0.2) is 0 Å². The molecule has 0 amide bonds. The minimum absolute atomic E-state index is 0.0656. The van der Waals surface area contributed by atoms with Crippen LogP contribution in [-0.2, 0) is 4.79 Å². The standard InChI is InChI=1S/C20H40O3/c1-2-16-19(21)17-14-12-10-8-6-4-3-5-7-9-11-13-15-18-20(22)23/h19,21H,2-18H2,1H3,(H,22,23). The van der Waals surface area contributed by atoms with Gasteiger partial charge in [0.2, 0.25) is 0 Å². The second-order valence-corrected chi connectivity index (χ2v) is 6.97. The van der Waals surface area contributed by atoms with Crippen molar-refractivity contribution in [1.29, 1.82) is 0 Å². The predicted octanol–water partition coefficient (Wildman–Crippen LogP) is 6.08. The van der Waals surface area contributed by atoms with Gasteiger partial charge < -0.3 is 10.2 Å². The number of carboxylic acids is 1. The minimum atomic E-state index is -0.665. The second-order valence-electron chi connectivity index (χ2n) is 6.97. The number of rotatable bonds is 18. The van der Waals surface area contributed by atoms with E-state index in [2.05, 4.69) is 6.92 Å². The van der Waals surface area contributed by atoms with Crippen LogP contribution in [0.15, 0.2) is 0 Å². The van der Waals surface area contributed by atoms with Gasteiger partial charge in [0.05, 0.1) is 6.10 Å². The Hall–Kier alpha value is -0.570. The second kappa shape index (κ2) is 17.8. The minimum Gasteiger partial charge on any atom is -0.481 e. The van der Waals surface area contributed by atoms with Crippen LogP contribution in [0, 0.1) is 0 Å². The Morgan fingerprint density at radius 2 is 1.09 bits per heavy atom. The van der Waals surface area contributed by atoms with Crippen LogP contribution < -0.4 is 0 Å². The summed E-state index contributed by atoms with van der Waals surface area (Å²) in [6, 6.07) is 0. The number of aliphatic carboxylic acids is 1. The van der Waals surface area contributed by atoms with Crippen molar-refractivity contribution in [1.82, 2.24) is 0 Å². The number of hydrogen-bond donors (Lipinski definition) is 2. The molecule has 0 heterocycles. The van der Waals surface area contributed by atoms with Gasteiger partial charge in [-0.15, -0.1) is 0 Å². The number of aliphatic hydroxyl groups is 1. The number of carboxylic acid groups (broad SMARTS) is 1. The molecule has 0 saturated carbocycles. The molecule has 0 aliphatic rings. The fourth-order valence-electron chi connectivity index (χ4n) is 3.08. The van der Waals surface area contributed by atoms with E-state index in [0.29, 0.717) is 6.42 Å². The van der Waals surface area contributed by atoms with Crippen molar-refractivity contribution >= 4 is 5.97 Å². The van der Waals surface area contributed by atoms with E-state index in [1.807, 2.05) is 0 Å². The van der Waals surface area contributed by atoms with E-state index in [4.69, 9.17) is 5.11 Å². The molecule has 0 radical (unpaired) electrons. The Labute approximate surface area is 143 Å². The summed E-state index contributed by atoms with van der Waals surface area (Å²) in [4.78, 5) is 10.4. The van der Waals surface area contributed by atoms with Crippen molar-refractivity contribution in [2.45, 2.75) is 122 Å². The molecule has 0 aliphatic heterocycles. The molecule has 0 bridgehead atoms. The van der Waals surface area contributed by atoms with Crippen LogP contribution >= 0.6 is 0 Å². The van der Waals surface area contributed by atoms with E-state index < -0.39 is 5.97 Å². The monoisotopic (exact) mass is 328 g/mol. The van der Waals surface area contributed by atoms with Gasteiger partial charge in [0.1, 0.15) is 0 Å². The number of carbonyl (C=O) groups is 1. The Morgan fingerprint density at radius 3 is 1.48 bits per heavy atom. The van der Waals surface area contributed by atoms with Gasteiger partial charge in [-0.2, -0.15) is 0 Å². The number of aliphatic hydroxyl groups excluding tert-OH is 1. The van der Waals surface area contributed by atoms with Crippen LogP contribution in [-0.4, -0.2) is 22.3 Å². The van der Waals surface area contributed by atoms with E-state index >= 15 is 0 Å². The summed E-state index contributed by atoms with van der Waals surface area (Å²) >= 11 is 0. The average Bonchev–Trinajstić information content (AvgIpc) is 2.51. The molecule has 3 heteroatoms. The third-order valence-corrected chi connectivity index (χ3v) is 4.55. The van der Waals surface area contributed by atoms with E-state index in [-0.39, 0.29) is 6.10 Å². The first-order chi connectivity index (χ1) is 11.2. The molecular weight excluding hydrogens is 288 g/mol. The predicted molar refractivity (Wildman–Crippen MR) is 97.8 cm³/mol. The zero-order valence-electron chi connectivity index (χ0n) is 15.4. The van der Waals surface area contributed by atoms with Crippen LogP contribution in [0.3, 0.4) is 0 Å². The zero-order chi connectivity index (χ0) is 17.2. The van der Waals surface area contributed by atoms with Gasteiger partial charge in [-0.05, 0) is 19.3 Å². The molecule has 23 heavy (non-hydrogen) atoms. The van der Waals surface area contributed by atoms with Crippen LogP contribution in [0.2, 0.25) is 0 Å². The van der Waals surface area contributed by atoms with E-state index in [1.165, 1.54) is 70.6 Å². The molecule has 0 aliphatic carbocycles. The highest BCUT2D eigenvalue weighted by Crippen LogP contribution is 2.14. The van der Waals surface area contributed by atoms with Crippen molar-refractivity contribution in [2.24, 2.45) is 0 Å². The van der Waals surface area contributed by atoms with Crippen LogP contribution in [0.4, 0.5) is 0 Å². The van der Waals surface area contributed by atoms with E-state index in [0.717, 1.165) is 32.1 Å². The molecule has 0 fully saturated rings. The molecule has 0 rings (SSSR count). The van der Waals surface area contributed by atoms with E-state index in [1.54, 1.807) is 0 Å².